The third-order valence-corrected chi connectivity index (χ3v) is 3.80. The van der Waals surface area contributed by atoms with E-state index in [4.69, 9.17) is 11.6 Å². The molecular formula is C14H14BrClN2O. The van der Waals surface area contributed by atoms with Crippen molar-refractivity contribution in [3.63, 3.8) is 0 Å². The molecule has 1 heterocycles. The second-order valence-electron chi connectivity index (χ2n) is 5.23. The molecule has 0 bridgehead atoms. The first-order valence-corrected chi connectivity index (χ1v) is 7.02. The molecule has 2 rings (SSSR count). The van der Waals surface area contributed by atoms with Crippen molar-refractivity contribution in [2.75, 3.05) is 0 Å². The molecule has 19 heavy (non-hydrogen) atoms. The maximum atomic E-state index is 11.3. The molecule has 0 saturated carbocycles. The van der Waals surface area contributed by atoms with Crippen LogP contribution in [0.2, 0.25) is 5.15 Å². The molecule has 3 nitrogen and oxygen atoms in total. The predicted molar refractivity (Wildman–Crippen MR) is 80.8 cm³/mol. The van der Waals surface area contributed by atoms with Crippen LogP contribution >= 0.6 is 27.5 Å². The minimum atomic E-state index is -0.283. The van der Waals surface area contributed by atoms with E-state index in [1.807, 2.05) is 45.0 Å². The van der Waals surface area contributed by atoms with Crippen molar-refractivity contribution in [3.8, 4) is 11.3 Å². The highest BCUT2D eigenvalue weighted by atomic mass is 79.9. The summed E-state index contributed by atoms with van der Waals surface area (Å²) in [7, 11) is 0. The third kappa shape index (κ3) is 2.60. The van der Waals surface area contributed by atoms with Crippen LogP contribution in [0.5, 0.6) is 0 Å². The van der Waals surface area contributed by atoms with E-state index in [-0.39, 0.29) is 5.54 Å². The molecule has 1 aromatic carbocycles. The van der Waals surface area contributed by atoms with Gasteiger partial charge in [0.2, 0.25) is 0 Å². The maximum Gasteiger partial charge on any atom is 0.155 e. The first-order chi connectivity index (χ1) is 8.86. The lowest BCUT2D eigenvalue weighted by atomic mass is 10.1. The van der Waals surface area contributed by atoms with Gasteiger partial charge in [0.25, 0.3) is 0 Å². The van der Waals surface area contributed by atoms with Crippen LogP contribution in [-0.2, 0) is 5.54 Å². The molecule has 0 unspecified atom stereocenters. The van der Waals surface area contributed by atoms with Crippen LogP contribution in [0.25, 0.3) is 11.3 Å². The Kier molecular flexibility index (Phi) is 3.83. The zero-order valence-electron chi connectivity index (χ0n) is 10.9. The van der Waals surface area contributed by atoms with Crippen LogP contribution in [0.4, 0.5) is 0 Å². The topological polar surface area (TPSA) is 34.9 Å². The average molecular weight is 342 g/mol. The molecule has 0 amide bonds. The molecule has 0 radical (unpaired) electrons. The normalized spacial score (nSPS) is 11.6. The number of halogens is 2. The van der Waals surface area contributed by atoms with E-state index in [0.717, 1.165) is 16.3 Å². The van der Waals surface area contributed by atoms with Crippen molar-refractivity contribution in [2.24, 2.45) is 0 Å². The van der Waals surface area contributed by atoms with E-state index >= 15 is 0 Å². The Balaban J connectivity index is 2.72. The van der Waals surface area contributed by atoms with Gasteiger partial charge in [-0.2, -0.15) is 5.10 Å². The molecule has 0 spiro atoms. The van der Waals surface area contributed by atoms with E-state index < -0.39 is 0 Å². The molecule has 0 aliphatic carbocycles. The van der Waals surface area contributed by atoms with Gasteiger partial charge in [-0.1, -0.05) is 45.7 Å². The highest BCUT2D eigenvalue weighted by Gasteiger charge is 2.25. The quantitative estimate of drug-likeness (QED) is 0.752. The van der Waals surface area contributed by atoms with Crippen molar-refractivity contribution < 1.29 is 4.79 Å². The Bertz CT molecular complexity index is 629. The monoisotopic (exact) mass is 340 g/mol. The van der Waals surface area contributed by atoms with E-state index in [2.05, 4.69) is 21.0 Å². The molecule has 0 saturated heterocycles. The van der Waals surface area contributed by atoms with E-state index in [9.17, 15) is 4.79 Å². The predicted octanol–water partition coefficient (Wildman–Crippen LogP) is 4.53. The Morgan fingerprint density at radius 2 is 1.95 bits per heavy atom. The molecule has 5 heteroatoms. The molecule has 0 N–H and O–H groups in total. The van der Waals surface area contributed by atoms with Gasteiger partial charge < -0.3 is 0 Å². The number of hydrogen-bond donors (Lipinski definition) is 0. The van der Waals surface area contributed by atoms with E-state index in [0.29, 0.717) is 16.4 Å². The van der Waals surface area contributed by atoms with Crippen LogP contribution in [0.15, 0.2) is 28.7 Å². The number of aldehydes is 1. The molecule has 2 aromatic rings. The summed E-state index contributed by atoms with van der Waals surface area (Å²) in [5.41, 5.74) is 1.59. The van der Waals surface area contributed by atoms with Gasteiger partial charge in [-0.05, 0) is 26.8 Å². The Hall–Kier alpha value is -1.13. The van der Waals surface area contributed by atoms with E-state index in [1.54, 1.807) is 4.68 Å². The SMILES string of the molecule is CC(C)(C)n1nc(-c2ccccc2Br)c(C=O)c1Cl. The summed E-state index contributed by atoms with van der Waals surface area (Å²) < 4.78 is 2.56. The summed E-state index contributed by atoms with van der Waals surface area (Å²) in [5, 5.41) is 4.88. The summed E-state index contributed by atoms with van der Waals surface area (Å²) in [5.74, 6) is 0. The Morgan fingerprint density at radius 1 is 1.32 bits per heavy atom. The zero-order valence-corrected chi connectivity index (χ0v) is 13.3. The Labute approximate surface area is 125 Å². The molecule has 0 fully saturated rings. The lowest BCUT2D eigenvalue weighted by Gasteiger charge is -2.20. The lowest BCUT2D eigenvalue weighted by Crippen LogP contribution is -2.23. The van der Waals surface area contributed by atoms with Crippen LogP contribution in [0.1, 0.15) is 31.1 Å². The van der Waals surface area contributed by atoms with Crippen LogP contribution in [-0.4, -0.2) is 16.1 Å². The zero-order chi connectivity index (χ0) is 14.2. The Morgan fingerprint density at radius 3 is 2.47 bits per heavy atom. The number of carbonyl (C=O) groups excluding carboxylic acids is 1. The van der Waals surface area contributed by atoms with Crippen LogP contribution in [0, 0.1) is 0 Å². The van der Waals surface area contributed by atoms with Gasteiger partial charge in [-0.25, -0.2) is 4.68 Å². The van der Waals surface area contributed by atoms with Crippen molar-refractivity contribution in [2.45, 2.75) is 26.3 Å². The smallest absolute Gasteiger partial charge is 0.155 e. The highest BCUT2D eigenvalue weighted by Crippen LogP contribution is 2.34. The van der Waals surface area contributed by atoms with Gasteiger partial charge in [0, 0.05) is 10.0 Å². The van der Waals surface area contributed by atoms with Gasteiger partial charge in [0.05, 0.1) is 11.1 Å². The standard InChI is InChI=1S/C14H14BrClN2O/c1-14(2,3)18-13(16)10(8-19)12(17-18)9-6-4-5-7-11(9)15/h4-8H,1-3H3. The molecule has 0 atom stereocenters. The summed E-state index contributed by atoms with van der Waals surface area (Å²) in [6.07, 6.45) is 0.756. The van der Waals surface area contributed by atoms with Gasteiger partial charge in [0.1, 0.15) is 10.8 Å². The molecule has 0 aliphatic heterocycles. The summed E-state index contributed by atoms with van der Waals surface area (Å²) in [6, 6.07) is 7.63. The maximum absolute atomic E-state index is 11.3. The summed E-state index contributed by atoms with van der Waals surface area (Å²) in [6.45, 7) is 5.97. The fourth-order valence-corrected chi connectivity index (χ4v) is 2.71. The minimum Gasteiger partial charge on any atom is -0.298 e. The number of rotatable bonds is 2. The largest absolute Gasteiger partial charge is 0.298 e. The first-order valence-electron chi connectivity index (χ1n) is 5.85. The number of hydrogen-bond acceptors (Lipinski definition) is 2. The van der Waals surface area contributed by atoms with Gasteiger partial charge in [-0.3, -0.25) is 4.79 Å². The number of aromatic nitrogens is 2. The van der Waals surface area contributed by atoms with Gasteiger partial charge in [0.15, 0.2) is 6.29 Å². The van der Waals surface area contributed by atoms with Gasteiger partial charge in [-0.15, -0.1) is 0 Å². The number of carbonyl (C=O) groups is 1. The second-order valence-corrected chi connectivity index (χ2v) is 6.45. The fraction of sp³-hybridized carbons (Fsp3) is 0.286. The highest BCUT2D eigenvalue weighted by molar-refractivity contribution is 9.10. The van der Waals surface area contributed by atoms with Crippen molar-refractivity contribution >= 4 is 33.8 Å². The van der Waals surface area contributed by atoms with E-state index in [1.165, 1.54) is 0 Å². The molecule has 100 valence electrons. The van der Waals surface area contributed by atoms with Gasteiger partial charge >= 0.3 is 0 Å². The molecule has 0 aliphatic rings. The minimum absolute atomic E-state index is 0.283. The average Bonchev–Trinajstić information content (AvgIpc) is 2.66. The summed E-state index contributed by atoms with van der Waals surface area (Å²) in [4.78, 5) is 11.3. The number of nitrogens with zero attached hydrogens (tertiary/aromatic N) is 2. The lowest BCUT2D eigenvalue weighted by molar-refractivity contribution is 0.112. The first kappa shape index (κ1) is 14.3. The molecule has 1 aromatic heterocycles. The summed E-state index contributed by atoms with van der Waals surface area (Å²) >= 11 is 9.74. The fourth-order valence-electron chi connectivity index (χ4n) is 1.81. The third-order valence-electron chi connectivity index (χ3n) is 2.75. The number of benzene rings is 1. The molecular weight excluding hydrogens is 328 g/mol. The van der Waals surface area contributed by atoms with Crippen molar-refractivity contribution in [1.82, 2.24) is 9.78 Å². The van der Waals surface area contributed by atoms with Crippen molar-refractivity contribution in [1.29, 1.82) is 0 Å². The van der Waals surface area contributed by atoms with Crippen molar-refractivity contribution in [3.05, 3.63) is 39.5 Å². The second kappa shape index (κ2) is 5.10. The van der Waals surface area contributed by atoms with Crippen LogP contribution < -0.4 is 0 Å². The van der Waals surface area contributed by atoms with Crippen LogP contribution in [0.3, 0.4) is 0 Å².